The van der Waals surface area contributed by atoms with Crippen LogP contribution in [0.5, 0.6) is 0 Å². The molecule has 1 aliphatic heterocycles. The molecule has 132 valence electrons. The molecule has 7 heteroatoms. The number of sulfonamides is 1. The summed E-state index contributed by atoms with van der Waals surface area (Å²) < 4.78 is 26.3. The van der Waals surface area contributed by atoms with E-state index in [1.165, 1.54) is 39.2 Å². The number of nitrogens with one attached hydrogen (secondary N) is 2. The van der Waals surface area contributed by atoms with E-state index in [-0.39, 0.29) is 6.03 Å². The summed E-state index contributed by atoms with van der Waals surface area (Å²) in [7, 11) is -1.86. The Bertz CT molecular complexity index is 531. The molecule has 0 spiro atoms. The minimum absolute atomic E-state index is 0.0793. The number of rotatable bonds is 4. The summed E-state index contributed by atoms with van der Waals surface area (Å²) in [5, 5.41) is 2.65. The normalized spacial score (nSPS) is 32.6. The molecule has 0 bridgehead atoms. The molecule has 2 aliphatic carbocycles. The third kappa shape index (κ3) is 3.99. The Morgan fingerprint density at radius 1 is 1.09 bits per heavy atom. The van der Waals surface area contributed by atoms with E-state index in [9.17, 15) is 13.2 Å². The standard InChI is InChI=1S/C16H29N3O3S/c1-17-23(21,22)13-8-5-9-19(11-13)16(20)18-15-10-14(15)12-6-3-2-4-7-12/h12-15,17H,2-11H2,1H3,(H,18,20)/t13-,14+,15+/m1/s1. The predicted molar refractivity (Wildman–Crippen MR) is 89.6 cm³/mol. The van der Waals surface area contributed by atoms with E-state index < -0.39 is 15.3 Å². The molecule has 6 nitrogen and oxygen atoms in total. The Hall–Kier alpha value is -0.820. The summed E-state index contributed by atoms with van der Waals surface area (Å²) in [5.41, 5.74) is 0. The molecule has 0 aromatic rings. The molecular formula is C16H29N3O3S. The molecule has 2 saturated carbocycles. The van der Waals surface area contributed by atoms with Gasteiger partial charge in [-0.1, -0.05) is 32.1 Å². The van der Waals surface area contributed by atoms with Crippen LogP contribution in [0.25, 0.3) is 0 Å². The van der Waals surface area contributed by atoms with Crippen LogP contribution in [0.1, 0.15) is 51.4 Å². The number of hydrogen-bond acceptors (Lipinski definition) is 3. The maximum absolute atomic E-state index is 12.4. The molecule has 23 heavy (non-hydrogen) atoms. The average molecular weight is 343 g/mol. The van der Waals surface area contributed by atoms with E-state index in [2.05, 4.69) is 10.0 Å². The molecule has 0 radical (unpaired) electrons. The van der Waals surface area contributed by atoms with Gasteiger partial charge >= 0.3 is 6.03 Å². The van der Waals surface area contributed by atoms with Gasteiger partial charge in [0.1, 0.15) is 0 Å². The fraction of sp³-hybridized carbons (Fsp3) is 0.938. The lowest BCUT2D eigenvalue weighted by atomic mass is 9.85. The highest BCUT2D eigenvalue weighted by atomic mass is 32.2. The SMILES string of the molecule is CNS(=O)(=O)[C@@H]1CCCN(C(=O)N[C@H]2C[C@H]2C2CCCCC2)C1. The van der Waals surface area contributed by atoms with Crippen LogP contribution in [0.15, 0.2) is 0 Å². The number of hydrogen-bond donors (Lipinski definition) is 2. The van der Waals surface area contributed by atoms with E-state index in [0.29, 0.717) is 31.5 Å². The zero-order valence-electron chi connectivity index (χ0n) is 14.0. The van der Waals surface area contributed by atoms with Gasteiger partial charge < -0.3 is 10.2 Å². The summed E-state index contributed by atoms with van der Waals surface area (Å²) in [6.07, 6.45) is 9.11. The molecule has 2 amide bonds. The van der Waals surface area contributed by atoms with Crippen LogP contribution in [0, 0.1) is 11.8 Å². The van der Waals surface area contributed by atoms with E-state index in [1.54, 1.807) is 4.90 Å². The first kappa shape index (κ1) is 17.0. The van der Waals surface area contributed by atoms with E-state index in [1.807, 2.05) is 0 Å². The zero-order chi connectivity index (χ0) is 16.4. The summed E-state index contributed by atoms with van der Waals surface area (Å²) >= 11 is 0. The monoisotopic (exact) mass is 343 g/mol. The van der Waals surface area contributed by atoms with Crippen molar-refractivity contribution < 1.29 is 13.2 Å². The Morgan fingerprint density at radius 3 is 2.52 bits per heavy atom. The molecule has 0 aromatic carbocycles. The topological polar surface area (TPSA) is 78.5 Å². The Kier molecular flexibility index (Phi) is 5.16. The number of urea groups is 1. The van der Waals surface area contributed by atoms with Gasteiger partial charge in [0.2, 0.25) is 10.0 Å². The number of amides is 2. The largest absolute Gasteiger partial charge is 0.335 e. The second-order valence-electron chi connectivity index (χ2n) is 7.31. The summed E-state index contributed by atoms with van der Waals surface area (Å²) in [4.78, 5) is 14.1. The highest BCUT2D eigenvalue weighted by Gasteiger charge is 2.44. The van der Waals surface area contributed by atoms with Crippen LogP contribution in [-0.2, 0) is 10.0 Å². The van der Waals surface area contributed by atoms with Crippen molar-refractivity contribution in [2.75, 3.05) is 20.1 Å². The predicted octanol–water partition coefficient (Wildman–Crippen LogP) is 1.68. The summed E-state index contributed by atoms with van der Waals surface area (Å²) in [6, 6.07) is 0.233. The van der Waals surface area contributed by atoms with E-state index >= 15 is 0 Å². The lowest BCUT2D eigenvalue weighted by molar-refractivity contribution is 0.185. The molecular weight excluding hydrogens is 314 g/mol. The van der Waals surface area contributed by atoms with Crippen molar-refractivity contribution in [2.24, 2.45) is 11.8 Å². The van der Waals surface area contributed by atoms with Crippen molar-refractivity contribution in [3.63, 3.8) is 0 Å². The van der Waals surface area contributed by atoms with Gasteiger partial charge in [-0.3, -0.25) is 0 Å². The quantitative estimate of drug-likeness (QED) is 0.815. The third-order valence-corrected chi connectivity index (χ3v) is 7.62. The average Bonchev–Trinajstić information content (AvgIpc) is 3.35. The molecule has 3 aliphatic rings. The summed E-state index contributed by atoms with van der Waals surface area (Å²) in [6.45, 7) is 0.957. The number of carbonyl (C=O) groups excluding carboxylic acids is 1. The van der Waals surface area contributed by atoms with Crippen molar-refractivity contribution in [2.45, 2.75) is 62.7 Å². The number of piperidine rings is 1. The second kappa shape index (κ2) is 6.97. The minimum atomic E-state index is -3.30. The number of nitrogens with zero attached hydrogens (tertiary/aromatic N) is 1. The van der Waals surface area contributed by atoms with Crippen molar-refractivity contribution in [1.29, 1.82) is 0 Å². The Morgan fingerprint density at radius 2 is 1.83 bits per heavy atom. The first-order valence-electron chi connectivity index (χ1n) is 8.99. The van der Waals surface area contributed by atoms with Gasteiger partial charge in [0, 0.05) is 19.1 Å². The first-order valence-corrected chi connectivity index (χ1v) is 10.5. The van der Waals surface area contributed by atoms with Gasteiger partial charge in [0.25, 0.3) is 0 Å². The van der Waals surface area contributed by atoms with E-state index in [0.717, 1.165) is 18.8 Å². The Balaban J connectivity index is 1.49. The molecule has 3 fully saturated rings. The van der Waals surface area contributed by atoms with Gasteiger partial charge in [-0.15, -0.1) is 0 Å². The lowest BCUT2D eigenvalue weighted by Crippen LogP contribution is -2.51. The van der Waals surface area contributed by atoms with E-state index in [4.69, 9.17) is 0 Å². The highest BCUT2D eigenvalue weighted by Crippen LogP contribution is 2.44. The van der Waals surface area contributed by atoms with Gasteiger partial charge in [-0.2, -0.15) is 0 Å². The van der Waals surface area contributed by atoms with Crippen molar-refractivity contribution in [3.8, 4) is 0 Å². The second-order valence-corrected chi connectivity index (χ2v) is 9.48. The van der Waals surface area contributed by atoms with Crippen LogP contribution in [0.3, 0.4) is 0 Å². The maximum Gasteiger partial charge on any atom is 0.317 e. The van der Waals surface area contributed by atoms with Crippen molar-refractivity contribution in [1.82, 2.24) is 14.9 Å². The van der Waals surface area contributed by atoms with Crippen LogP contribution in [0.2, 0.25) is 0 Å². The first-order chi connectivity index (χ1) is 11.0. The minimum Gasteiger partial charge on any atom is -0.335 e. The van der Waals surface area contributed by atoms with Gasteiger partial charge in [-0.25, -0.2) is 17.9 Å². The fourth-order valence-corrected chi connectivity index (χ4v) is 5.44. The molecule has 1 heterocycles. The van der Waals surface area contributed by atoms with Crippen LogP contribution in [0.4, 0.5) is 4.79 Å². The maximum atomic E-state index is 12.4. The molecule has 2 N–H and O–H groups in total. The highest BCUT2D eigenvalue weighted by molar-refractivity contribution is 7.90. The number of likely N-dealkylation sites (tertiary alicyclic amines) is 1. The van der Waals surface area contributed by atoms with Gasteiger partial charge in [0.15, 0.2) is 0 Å². The zero-order valence-corrected chi connectivity index (χ0v) is 14.8. The van der Waals surface area contributed by atoms with Crippen LogP contribution < -0.4 is 10.0 Å². The molecule has 3 atom stereocenters. The smallest absolute Gasteiger partial charge is 0.317 e. The molecule has 0 unspecified atom stereocenters. The fourth-order valence-electron chi connectivity index (χ4n) is 4.26. The summed E-state index contributed by atoms with van der Waals surface area (Å²) in [5.74, 6) is 1.44. The molecule has 1 saturated heterocycles. The lowest BCUT2D eigenvalue weighted by Gasteiger charge is -2.32. The van der Waals surface area contributed by atoms with Gasteiger partial charge in [-0.05, 0) is 38.1 Å². The van der Waals surface area contributed by atoms with Gasteiger partial charge in [0.05, 0.1) is 5.25 Å². The third-order valence-electron chi connectivity index (χ3n) is 5.79. The van der Waals surface area contributed by atoms with Crippen molar-refractivity contribution >= 4 is 16.1 Å². The van der Waals surface area contributed by atoms with Crippen LogP contribution >= 0.6 is 0 Å². The Labute approximate surface area is 139 Å². The molecule has 3 rings (SSSR count). The van der Waals surface area contributed by atoms with Crippen LogP contribution in [-0.4, -0.2) is 50.8 Å². The molecule has 0 aromatic heterocycles. The van der Waals surface area contributed by atoms with Crippen molar-refractivity contribution in [3.05, 3.63) is 0 Å². The number of carbonyl (C=O) groups is 1.